The number of allylic oxidation sites excluding steroid dienone is 2. The van der Waals surface area contributed by atoms with Crippen molar-refractivity contribution in [3.8, 4) is 0 Å². The van der Waals surface area contributed by atoms with Gasteiger partial charge in [-0.15, -0.1) is 13.2 Å². The molecule has 0 aromatic rings. The van der Waals surface area contributed by atoms with Gasteiger partial charge in [-0.05, 0) is 63.2 Å². The third-order valence-electron chi connectivity index (χ3n) is 7.40. The molecule has 0 N–H and O–H groups in total. The van der Waals surface area contributed by atoms with Crippen molar-refractivity contribution in [3.63, 3.8) is 0 Å². The molecule has 0 saturated carbocycles. The summed E-state index contributed by atoms with van der Waals surface area (Å²) in [6.45, 7) is 19.4. The van der Waals surface area contributed by atoms with Crippen LogP contribution in [0.2, 0.25) is 0 Å². The Morgan fingerprint density at radius 3 is 1.16 bits per heavy atom. The van der Waals surface area contributed by atoms with E-state index >= 15 is 0 Å². The van der Waals surface area contributed by atoms with Crippen LogP contribution in [-0.2, 0) is 9.59 Å². The minimum atomic E-state index is 0.269. The van der Waals surface area contributed by atoms with Crippen LogP contribution in [0.5, 0.6) is 0 Å². The van der Waals surface area contributed by atoms with Crippen molar-refractivity contribution in [2.45, 2.75) is 143 Å². The molecule has 0 fully saturated rings. The van der Waals surface area contributed by atoms with E-state index in [1.807, 2.05) is 22.0 Å². The first-order valence-corrected chi connectivity index (χ1v) is 16.1. The summed E-state index contributed by atoms with van der Waals surface area (Å²) in [7, 11) is 0. The zero-order valence-electron chi connectivity index (χ0n) is 26.0. The predicted molar refractivity (Wildman–Crippen MR) is 166 cm³/mol. The van der Waals surface area contributed by atoms with E-state index in [-0.39, 0.29) is 11.8 Å². The summed E-state index contributed by atoms with van der Waals surface area (Å²) in [5, 5.41) is 0. The lowest BCUT2D eigenvalue weighted by Crippen LogP contribution is -2.42. The molecule has 0 unspecified atom stereocenters. The highest BCUT2D eigenvalue weighted by molar-refractivity contribution is 5.77. The van der Waals surface area contributed by atoms with E-state index in [2.05, 4.69) is 40.9 Å². The number of unbranched alkanes of at least 4 members (excludes halogenated alkanes) is 12. The van der Waals surface area contributed by atoms with Crippen LogP contribution >= 0.6 is 0 Å². The predicted octanol–water partition coefficient (Wildman–Crippen LogP) is 9.35. The van der Waals surface area contributed by atoms with Gasteiger partial charge in [0.2, 0.25) is 11.8 Å². The molecule has 4 nitrogen and oxygen atoms in total. The van der Waals surface area contributed by atoms with Crippen molar-refractivity contribution in [2.24, 2.45) is 11.8 Å². The fourth-order valence-corrected chi connectivity index (χ4v) is 4.65. The standard InChI is InChI=1S/C34H64N2O2/c1-7-9-11-13-15-17-19-21-23-33(37)35(27-25-31(3)4)29-30-36(28-26-32(5)6)34(38)24-22-20-18-16-14-12-10-8-2/h7-8,31-32H,1-2,9-30H2,3-6H3. The highest BCUT2D eigenvalue weighted by atomic mass is 16.2. The van der Waals surface area contributed by atoms with Crippen molar-refractivity contribution in [1.29, 1.82) is 0 Å². The Morgan fingerprint density at radius 2 is 0.842 bits per heavy atom. The quantitative estimate of drug-likeness (QED) is 0.0781. The second kappa shape index (κ2) is 25.7. The monoisotopic (exact) mass is 532 g/mol. The molecular formula is C34H64N2O2. The lowest BCUT2D eigenvalue weighted by Gasteiger charge is -2.29. The number of hydrogen-bond acceptors (Lipinski definition) is 2. The summed E-state index contributed by atoms with van der Waals surface area (Å²) >= 11 is 0. The van der Waals surface area contributed by atoms with Gasteiger partial charge in [-0.2, -0.15) is 0 Å². The molecular weight excluding hydrogens is 468 g/mol. The van der Waals surface area contributed by atoms with E-state index in [4.69, 9.17) is 0 Å². The maximum absolute atomic E-state index is 13.1. The Morgan fingerprint density at radius 1 is 0.526 bits per heavy atom. The van der Waals surface area contributed by atoms with Gasteiger partial charge in [-0.25, -0.2) is 0 Å². The fourth-order valence-electron chi connectivity index (χ4n) is 4.65. The maximum atomic E-state index is 13.1. The van der Waals surface area contributed by atoms with Crippen LogP contribution in [0.1, 0.15) is 143 Å². The van der Waals surface area contributed by atoms with Gasteiger partial charge < -0.3 is 9.80 Å². The number of carbonyl (C=O) groups excluding carboxylic acids is 2. The number of rotatable bonds is 27. The number of nitrogens with zero attached hydrogens (tertiary/aromatic N) is 2. The summed E-state index contributed by atoms with van der Waals surface area (Å²) in [5.74, 6) is 1.67. The van der Waals surface area contributed by atoms with Crippen molar-refractivity contribution in [3.05, 3.63) is 25.3 Å². The molecule has 0 spiro atoms. The molecule has 0 aliphatic carbocycles. The van der Waals surface area contributed by atoms with E-state index in [1.54, 1.807) is 0 Å². The van der Waals surface area contributed by atoms with Crippen LogP contribution in [0.4, 0.5) is 0 Å². The van der Waals surface area contributed by atoms with Gasteiger partial charge in [0.15, 0.2) is 0 Å². The minimum absolute atomic E-state index is 0.269. The number of amides is 2. The van der Waals surface area contributed by atoms with Crippen LogP contribution < -0.4 is 0 Å². The zero-order chi connectivity index (χ0) is 28.4. The summed E-state index contributed by atoms with van der Waals surface area (Å²) in [4.78, 5) is 30.3. The highest BCUT2D eigenvalue weighted by Gasteiger charge is 2.18. The second-order valence-corrected chi connectivity index (χ2v) is 12.0. The molecule has 0 aliphatic heterocycles. The highest BCUT2D eigenvalue weighted by Crippen LogP contribution is 2.14. The van der Waals surface area contributed by atoms with Gasteiger partial charge in [-0.3, -0.25) is 9.59 Å². The summed E-state index contributed by atoms with van der Waals surface area (Å²) in [6, 6.07) is 0. The largest absolute Gasteiger partial charge is 0.341 e. The normalized spacial score (nSPS) is 11.2. The molecule has 38 heavy (non-hydrogen) atoms. The van der Waals surface area contributed by atoms with Gasteiger partial charge in [0, 0.05) is 39.0 Å². The summed E-state index contributed by atoms with van der Waals surface area (Å²) in [6.07, 6.45) is 23.6. The molecule has 0 bridgehead atoms. The molecule has 0 aromatic heterocycles. The maximum Gasteiger partial charge on any atom is 0.222 e. The zero-order valence-corrected chi connectivity index (χ0v) is 26.0. The van der Waals surface area contributed by atoms with Gasteiger partial charge in [-0.1, -0.05) is 91.2 Å². The SMILES string of the molecule is C=CCCCCCCCCC(=O)N(CCC(C)C)CCN(CCC(C)C)C(=O)CCCCCCCCC=C. The van der Waals surface area contributed by atoms with Crippen LogP contribution in [0.25, 0.3) is 0 Å². The summed E-state index contributed by atoms with van der Waals surface area (Å²) in [5.41, 5.74) is 0. The first-order valence-electron chi connectivity index (χ1n) is 16.1. The smallest absolute Gasteiger partial charge is 0.222 e. The molecule has 0 radical (unpaired) electrons. The lowest BCUT2D eigenvalue weighted by molar-refractivity contribution is -0.135. The van der Waals surface area contributed by atoms with E-state index in [9.17, 15) is 9.59 Å². The minimum Gasteiger partial charge on any atom is -0.341 e. The first-order chi connectivity index (χ1) is 18.3. The Labute approximate surface area is 237 Å². The third kappa shape index (κ3) is 22.4. The van der Waals surface area contributed by atoms with Gasteiger partial charge >= 0.3 is 0 Å². The number of carbonyl (C=O) groups is 2. The molecule has 0 atom stereocenters. The molecule has 2 amide bonds. The van der Waals surface area contributed by atoms with Crippen LogP contribution in [0, 0.1) is 11.8 Å². The Hall–Kier alpha value is -1.58. The van der Waals surface area contributed by atoms with Crippen molar-refractivity contribution in [2.75, 3.05) is 26.2 Å². The van der Waals surface area contributed by atoms with E-state index in [0.717, 1.165) is 64.5 Å². The molecule has 0 rings (SSSR count). The average molecular weight is 533 g/mol. The van der Waals surface area contributed by atoms with Gasteiger partial charge in [0.1, 0.15) is 0 Å². The van der Waals surface area contributed by atoms with Crippen molar-refractivity contribution >= 4 is 11.8 Å². The van der Waals surface area contributed by atoms with Crippen molar-refractivity contribution < 1.29 is 9.59 Å². The Kier molecular flexibility index (Phi) is 24.6. The fraction of sp³-hybridized carbons (Fsp3) is 0.824. The number of hydrogen-bond donors (Lipinski definition) is 0. The summed E-state index contributed by atoms with van der Waals surface area (Å²) < 4.78 is 0. The third-order valence-corrected chi connectivity index (χ3v) is 7.40. The molecule has 4 heteroatoms. The molecule has 0 heterocycles. The van der Waals surface area contributed by atoms with Gasteiger partial charge in [0.25, 0.3) is 0 Å². The molecule has 0 saturated heterocycles. The topological polar surface area (TPSA) is 40.6 Å². The molecule has 0 aromatic carbocycles. The van der Waals surface area contributed by atoms with E-state index in [1.165, 1.54) is 51.4 Å². The molecule has 0 aliphatic rings. The Balaban J connectivity index is 4.67. The Bertz CT molecular complexity index is 547. The van der Waals surface area contributed by atoms with Crippen LogP contribution in [-0.4, -0.2) is 47.8 Å². The first kappa shape index (κ1) is 36.4. The van der Waals surface area contributed by atoms with Crippen LogP contribution in [0.3, 0.4) is 0 Å². The van der Waals surface area contributed by atoms with E-state index in [0.29, 0.717) is 37.8 Å². The van der Waals surface area contributed by atoms with Crippen LogP contribution in [0.15, 0.2) is 25.3 Å². The van der Waals surface area contributed by atoms with E-state index < -0.39 is 0 Å². The molecule has 222 valence electrons. The second-order valence-electron chi connectivity index (χ2n) is 12.0. The average Bonchev–Trinajstić information content (AvgIpc) is 2.88. The van der Waals surface area contributed by atoms with Gasteiger partial charge in [0.05, 0.1) is 0 Å². The van der Waals surface area contributed by atoms with Crippen molar-refractivity contribution in [1.82, 2.24) is 9.80 Å². The lowest BCUT2D eigenvalue weighted by atomic mass is 10.1.